The topological polar surface area (TPSA) is 77.5 Å². The maximum Gasteiger partial charge on any atom is 0.460 e. The van der Waals surface area contributed by atoms with Crippen LogP contribution in [0, 0.1) is 0 Å². The molecule has 5 nitrogen and oxygen atoms in total. The zero-order chi connectivity index (χ0) is 35.5. The van der Waals surface area contributed by atoms with Gasteiger partial charge >= 0.3 is 33.4 Å². The second kappa shape index (κ2) is 11.9. The fraction of sp³-hybridized carbons (Fsp3) is 0.161. The number of carbonyl (C=O) groups is 1. The number of rotatable bonds is 9. The normalized spacial score (nSPS) is 14.0. The molecule has 0 bridgehead atoms. The molecule has 0 aliphatic carbocycles. The van der Waals surface area contributed by atoms with Crippen molar-refractivity contribution in [3.05, 3.63) is 113 Å². The van der Waals surface area contributed by atoms with Crippen molar-refractivity contribution in [2.45, 2.75) is 44.9 Å². The SMILES string of the molecule is CC(=O)c1ccc2c(=O)c3cc(S(OS(=O)(=O)C(F)(F)C(F)(F)C(F)(F)C(F)(F)F)(c4ccccc4)c4ccccc4)ccc3sc2c1. The van der Waals surface area contributed by atoms with Gasteiger partial charge in [0, 0.05) is 40.4 Å². The summed E-state index contributed by atoms with van der Waals surface area (Å²) in [6, 6.07) is 20.2. The fourth-order valence-corrected chi connectivity index (χ4v) is 11.0. The minimum atomic E-state index is -7.54. The van der Waals surface area contributed by atoms with Crippen molar-refractivity contribution in [3.63, 3.8) is 0 Å². The number of hydrogen-bond acceptors (Lipinski definition) is 6. The van der Waals surface area contributed by atoms with E-state index in [1.165, 1.54) is 67.6 Å². The van der Waals surface area contributed by atoms with Gasteiger partial charge in [0.2, 0.25) is 0 Å². The highest BCUT2D eigenvalue weighted by atomic mass is 32.3. The molecule has 1 heterocycles. The number of halogens is 9. The Labute approximate surface area is 271 Å². The van der Waals surface area contributed by atoms with Crippen LogP contribution in [0.25, 0.3) is 20.2 Å². The summed E-state index contributed by atoms with van der Waals surface area (Å²) in [5.74, 6) is -15.3. The van der Waals surface area contributed by atoms with Crippen LogP contribution in [0.4, 0.5) is 39.5 Å². The van der Waals surface area contributed by atoms with Crippen LogP contribution in [0.15, 0.2) is 117 Å². The van der Waals surface area contributed by atoms with Gasteiger partial charge in [0.05, 0.1) is 0 Å². The van der Waals surface area contributed by atoms with Crippen LogP contribution >= 0.6 is 21.6 Å². The Morgan fingerprint density at radius 2 is 1.19 bits per heavy atom. The molecular weight excluding hydrogens is 720 g/mol. The molecule has 5 aromatic rings. The molecule has 17 heteroatoms. The number of ketones is 1. The van der Waals surface area contributed by atoms with E-state index in [0.717, 1.165) is 47.7 Å². The van der Waals surface area contributed by atoms with E-state index in [1.807, 2.05) is 0 Å². The van der Waals surface area contributed by atoms with E-state index in [1.54, 1.807) is 0 Å². The third-order valence-electron chi connectivity index (χ3n) is 7.15. The molecule has 0 radical (unpaired) electrons. The van der Waals surface area contributed by atoms with Gasteiger partial charge in [-0.3, -0.25) is 9.59 Å². The number of carbonyl (C=O) groups excluding carboxylic acids is 1. The predicted octanol–water partition coefficient (Wildman–Crippen LogP) is 9.59. The van der Waals surface area contributed by atoms with Crippen LogP contribution in [0.2, 0.25) is 0 Å². The molecular formula is C31H19F9O5S3. The van der Waals surface area contributed by atoms with Gasteiger partial charge in [0.25, 0.3) is 0 Å². The molecule has 1 aromatic heterocycles. The van der Waals surface area contributed by atoms with Gasteiger partial charge in [-0.25, -0.2) is 3.63 Å². The summed E-state index contributed by atoms with van der Waals surface area (Å²) in [6.07, 6.45) is -7.28. The van der Waals surface area contributed by atoms with Crippen LogP contribution < -0.4 is 5.43 Å². The minimum Gasteiger partial charge on any atom is -0.295 e. The largest absolute Gasteiger partial charge is 0.460 e. The molecule has 0 unspecified atom stereocenters. The molecule has 0 fully saturated rings. The lowest BCUT2D eigenvalue weighted by Gasteiger charge is -2.41. The van der Waals surface area contributed by atoms with Gasteiger partial charge in [-0.1, -0.05) is 42.5 Å². The summed E-state index contributed by atoms with van der Waals surface area (Å²) in [7, 11) is -11.7. The van der Waals surface area contributed by atoms with E-state index >= 15 is 8.78 Å². The van der Waals surface area contributed by atoms with Crippen LogP contribution in [-0.2, 0) is 13.7 Å². The zero-order valence-corrected chi connectivity index (χ0v) is 26.4. The van der Waals surface area contributed by atoms with Crippen LogP contribution in [0.1, 0.15) is 17.3 Å². The molecule has 0 N–H and O–H groups in total. The molecule has 5 rings (SSSR count). The first-order valence-electron chi connectivity index (χ1n) is 13.3. The molecule has 0 aliphatic heterocycles. The smallest absolute Gasteiger partial charge is 0.295 e. The number of hydrogen-bond donors (Lipinski definition) is 0. The highest BCUT2D eigenvalue weighted by Gasteiger charge is 2.86. The van der Waals surface area contributed by atoms with Crippen molar-refractivity contribution in [2.75, 3.05) is 0 Å². The van der Waals surface area contributed by atoms with Crippen molar-refractivity contribution in [2.24, 2.45) is 0 Å². The Hall–Kier alpha value is -3.93. The molecule has 48 heavy (non-hydrogen) atoms. The van der Waals surface area contributed by atoms with E-state index in [-0.39, 0.29) is 41.5 Å². The number of benzene rings is 4. The lowest BCUT2D eigenvalue weighted by molar-refractivity contribution is -0.382. The summed E-state index contributed by atoms with van der Waals surface area (Å²) in [6.45, 7) is 1.31. The van der Waals surface area contributed by atoms with Gasteiger partial charge in [0.15, 0.2) is 11.2 Å². The van der Waals surface area contributed by atoms with E-state index in [9.17, 15) is 48.7 Å². The quantitative estimate of drug-likeness (QED) is 0.0856. The predicted molar refractivity (Wildman–Crippen MR) is 162 cm³/mol. The number of fused-ring (bicyclic) bond motifs is 2. The molecule has 0 aliphatic rings. The molecule has 0 amide bonds. The van der Waals surface area contributed by atoms with Gasteiger partial charge < -0.3 is 0 Å². The maximum atomic E-state index is 15.2. The summed E-state index contributed by atoms with van der Waals surface area (Å²) in [4.78, 5) is 24.6. The Balaban J connectivity index is 1.83. The molecule has 254 valence electrons. The first kappa shape index (κ1) is 35.4. The lowest BCUT2D eigenvalue weighted by Crippen LogP contribution is -2.63. The Kier molecular flexibility index (Phi) is 8.76. The lowest BCUT2D eigenvalue weighted by atomic mass is 10.1. The molecule has 4 aromatic carbocycles. The van der Waals surface area contributed by atoms with E-state index in [0.29, 0.717) is 4.70 Å². The van der Waals surface area contributed by atoms with Crippen molar-refractivity contribution < 1.29 is 56.4 Å². The molecule has 0 saturated carbocycles. The molecule has 0 saturated heterocycles. The Morgan fingerprint density at radius 3 is 1.69 bits per heavy atom. The van der Waals surface area contributed by atoms with Crippen molar-refractivity contribution in [1.29, 1.82) is 0 Å². The number of alkyl halides is 9. The van der Waals surface area contributed by atoms with Gasteiger partial charge in [-0.2, -0.15) is 47.9 Å². The average molecular weight is 739 g/mol. The standard InChI is InChI=1S/C31H19F9O5S3/c1-18(41)19-12-14-23-26(16-19)46-25-15-13-22(17-24(25)27(23)42)47(20-8-4-2-5-9-20,21-10-6-3-7-11-21)45-48(43,44)31(39,40)29(34,35)28(32,33)30(36,37)38/h2-17H,1H3. The van der Waals surface area contributed by atoms with Crippen LogP contribution in [0.5, 0.6) is 0 Å². The van der Waals surface area contributed by atoms with Gasteiger partial charge in [0.1, 0.15) is 0 Å². The summed E-state index contributed by atoms with van der Waals surface area (Å²) < 4.78 is 158. The fourth-order valence-electron chi connectivity index (χ4n) is 4.68. The van der Waals surface area contributed by atoms with Crippen LogP contribution in [-0.4, -0.2) is 37.5 Å². The van der Waals surface area contributed by atoms with Crippen molar-refractivity contribution in [1.82, 2.24) is 0 Å². The van der Waals surface area contributed by atoms with Crippen molar-refractivity contribution >= 4 is 57.7 Å². The maximum absolute atomic E-state index is 15.2. The Morgan fingerprint density at radius 1 is 0.646 bits per heavy atom. The first-order chi connectivity index (χ1) is 22.2. The Bertz CT molecular complexity index is 2160. The van der Waals surface area contributed by atoms with Crippen molar-refractivity contribution in [3.8, 4) is 0 Å². The third-order valence-corrected chi connectivity index (χ3v) is 13.5. The highest BCUT2D eigenvalue weighted by Crippen LogP contribution is 2.71. The van der Waals surface area contributed by atoms with Gasteiger partial charge in [-0.15, -0.1) is 11.3 Å². The minimum absolute atomic E-state index is 0.101. The summed E-state index contributed by atoms with van der Waals surface area (Å²) in [5.41, 5.74) is -0.382. The van der Waals surface area contributed by atoms with E-state index in [4.69, 9.17) is 3.63 Å². The molecule has 0 spiro atoms. The molecule has 0 atom stereocenters. The average Bonchev–Trinajstić information content (AvgIpc) is 3.03. The monoisotopic (exact) mass is 738 g/mol. The number of Topliss-reactive ketones (excluding diaryl/α,β-unsaturated/α-hetero) is 1. The second-order valence-electron chi connectivity index (χ2n) is 10.2. The van der Waals surface area contributed by atoms with E-state index < -0.39 is 49.1 Å². The summed E-state index contributed by atoms with van der Waals surface area (Å²) in [5, 5.41) is -7.18. The van der Waals surface area contributed by atoms with Gasteiger partial charge in [-0.05, 0) is 71.8 Å². The highest BCUT2D eigenvalue weighted by molar-refractivity contribution is 8.33. The first-order valence-corrected chi connectivity index (χ1v) is 17.1. The zero-order valence-electron chi connectivity index (χ0n) is 23.9. The van der Waals surface area contributed by atoms with Crippen LogP contribution in [0.3, 0.4) is 0 Å². The summed E-state index contributed by atoms with van der Waals surface area (Å²) >= 11 is 1.02. The second-order valence-corrected chi connectivity index (χ2v) is 15.8. The third kappa shape index (κ3) is 5.45. The van der Waals surface area contributed by atoms with E-state index in [2.05, 4.69) is 0 Å².